The van der Waals surface area contributed by atoms with Crippen molar-refractivity contribution in [3.63, 3.8) is 0 Å². The Morgan fingerprint density at radius 3 is 3.27 bits per heavy atom. The van der Waals surface area contributed by atoms with Gasteiger partial charge in [0.1, 0.15) is 6.26 Å². The SMILES string of the molecule is CC(O)Cc1coc(C2CCCNC2)n1. The van der Waals surface area contributed by atoms with E-state index in [-0.39, 0.29) is 6.10 Å². The maximum Gasteiger partial charge on any atom is 0.198 e. The molecule has 2 atom stereocenters. The van der Waals surface area contributed by atoms with Gasteiger partial charge in [-0.15, -0.1) is 0 Å². The van der Waals surface area contributed by atoms with Crippen LogP contribution in [0, 0.1) is 0 Å². The molecule has 1 aliphatic rings. The minimum absolute atomic E-state index is 0.354. The highest BCUT2D eigenvalue weighted by molar-refractivity contribution is 5.03. The first-order valence-electron chi connectivity index (χ1n) is 5.59. The van der Waals surface area contributed by atoms with E-state index in [9.17, 15) is 5.11 Å². The molecule has 0 aromatic carbocycles. The third-order valence-electron chi connectivity index (χ3n) is 2.72. The van der Waals surface area contributed by atoms with Crippen LogP contribution >= 0.6 is 0 Å². The number of rotatable bonds is 3. The van der Waals surface area contributed by atoms with Gasteiger partial charge in [0.2, 0.25) is 0 Å². The molecule has 15 heavy (non-hydrogen) atoms. The van der Waals surface area contributed by atoms with E-state index < -0.39 is 0 Å². The van der Waals surface area contributed by atoms with Gasteiger partial charge < -0.3 is 14.8 Å². The Labute approximate surface area is 89.7 Å². The molecular formula is C11H18N2O2. The van der Waals surface area contributed by atoms with Crippen LogP contribution in [0.15, 0.2) is 10.7 Å². The lowest BCUT2D eigenvalue weighted by Gasteiger charge is -2.19. The largest absolute Gasteiger partial charge is 0.448 e. The van der Waals surface area contributed by atoms with E-state index in [1.54, 1.807) is 13.2 Å². The number of hydrogen-bond acceptors (Lipinski definition) is 4. The predicted octanol–water partition coefficient (Wildman–Crippen LogP) is 1.06. The molecule has 0 spiro atoms. The molecule has 1 fully saturated rings. The van der Waals surface area contributed by atoms with E-state index in [0.29, 0.717) is 12.3 Å². The molecule has 4 heteroatoms. The lowest BCUT2D eigenvalue weighted by Crippen LogP contribution is -2.28. The quantitative estimate of drug-likeness (QED) is 0.783. The van der Waals surface area contributed by atoms with Gasteiger partial charge in [-0.05, 0) is 26.3 Å². The number of nitrogens with zero attached hydrogens (tertiary/aromatic N) is 1. The smallest absolute Gasteiger partial charge is 0.198 e. The van der Waals surface area contributed by atoms with Crippen molar-refractivity contribution in [2.45, 2.75) is 38.2 Å². The fourth-order valence-electron chi connectivity index (χ4n) is 1.97. The minimum atomic E-state index is -0.354. The first-order chi connectivity index (χ1) is 7.25. The highest BCUT2D eigenvalue weighted by atomic mass is 16.3. The number of hydrogen-bond donors (Lipinski definition) is 2. The summed E-state index contributed by atoms with van der Waals surface area (Å²) in [6.07, 6.45) is 4.20. The normalized spacial score (nSPS) is 24.0. The zero-order chi connectivity index (χ0) is 10.7. The molecule has 2 unspecified atom stereocenters. The van der Waals surface area contributed by atoms with Crippen molar-refractivity contribution >= 4 is 0 Å². The Hall–Kier alpha value is -0.870. The van der Waals surface area contributed by atoms with Gasteiger partial charge in [-0.1, -0.05) is 0 Å². The Kier molecular flexibility index (Phi) is 3.38. The van der Waals surface area contributed by atoms with Crippen LogP contribution in [0.3, 0.4) is 0 Å². The van der Waals surface area contributed by atoms with E-state index in [4.69, 9.17) is 4.42 Å². The van der Waals surface area contributed by atoms with Crippen LogP contribution in [0.25, 0.3) is 0 Å². The molecule has 0 amide bonds. The van der Waals surface area contributed by atoms with Crippen molar-refractivity contribution in [1.82, 2.24) is 10.3 Å². The van der Waals surface area contributed by atoms with E-state index in [1.807, 2.05) is 0 Å². The summed E-state index contributed by atoms with van der Waals surface area (Å²) in [5.41, 5.74) is 0.852. The topological polar surface area (TPSA) is 58.3 Å². The summed E-state index contributed by atoms with van der Waals surface area (Å²) >= 11 is 0. The van der Waals surface area contributed by atoms with Gasteiger partial charge >= 0.3 is 0 Å². The van der Waals surface area contributed by atoms with Gasteiger partial charge in [-0.25, -0.2) is 4.98 Å². The van der Waals surface area contributed by atoms with Crippen molar-refractivity contribution in [2.24, 2.45) is 0 Å². The summed E-state index contributed by atoms with van der Waals surface area (Å²) in [6, 6.07) is 0. The first-order valence-corrected chi connectivity index (χ1v) is 5.59. The average Bonchev–Trinajstić information content (AvgIpc) is 2.67. The third-order valence-corrected chi connectivity index (χ3v) is 2.72. The zero-order valence-electron chi connectivity index (χ0n) is 9.07. The Balaban J connectivity index is 1.99. The average molecular weight is 210 g/mol. The van der Waals surface area contributed by atoms with Crippen molar-refractivity contribution in [2.75, 3.05) is 13.1 Å². The summed E-state index contributed by atoms with van der Waals surface area (Å²) in [5, 5.41) is 12.6. The molecule has 84 valence electrons. The molecule has 0 saturated carbocycles. The van der Waals surface area contributed by atoms with Crippen molar-refractivity contribution in [3.8, 4) is 0 Å². The summed E-state index contributed by atoms with van der Waals surface area (Å²) in [5.74, 6) is 1.22. The second kappa shape index (κ2) is 4.77. The van der Waals surface area contributed by atoms with Gasteiger partial charge in [0.15, 0.2) is 5.89 Å². The fourth-order valence-corrected chi connectivity index (χ4v) is 1.97. The lowest BCUT2D eigenvalue weighted by molar-refractivity contribution is 0.194. The van der Waals surface area contributed by atoms with Gasteiger partial charge in [-0.2, -0.15) is 0 Å². The highest BCUT2D eigenvalue weighted by Crippen LogP contribution is 2.22. The number of aromatic nitrogens is 1. The van der Waals surface area contributed by atoms with Crippen molar-refractivity contribution < 1.29 is 9.52 Å². The molecule has 2 N–H and O–H groups in total. The van der Waals surface area contributed by atoms with Crippen LogP contribution in [0.5, 0.6) is 0 Å². The van der Waals surface area contributed by atoms with Gasteiger partial charge in [-0.3, -0.25) is 0 Å². The van der Waals surface area contributed by atoms with Gasteiger partial charge in [0, 0.05) is 18.9 Å². The molecule has 0 bridgehead atoms. The van der Waals surface area contributed by atoms with Crippen LogP contribution in [0.1, 0.15) is 37.3 Å². The summed E-state index contributed by atoms with van der Waals surface area (Å²) in [7, 11) is 0. The second-order valence-electron chi connectivity index (χ2n) is 4.27. The Morgan fingerprint density at radius 2 is 2.60 bits per heavy atom. The molecule has 1 aromatic rings. The van der Waals surface area contributed by atoms with E-state index >= 15 is 0 Å². The molecule has 2 rings (SSSR count). The Bertz CT molecular complexity index is 303. The lowest BCUT2D eigenvalue weighted by atomic mass is 10.00. The molecule has 1 saturated heterocycles. The second-order valence-corrected chi connectivity index (χ2v) is 4.27. The van der Waals surface area contributed by atoms with E-state index in [1.165, 1.54) is 6.42 Å². The van der Waals surface area contributed by atoms with Crippen molar-refractivity contribution in [3.05, 3.63) is 17.8 Å². The van der Waals surface area contributed by atoms with Crippen LogP contribution in [-0.2, 0) is 6.42 Å². The first kappa shape index (κ1) is 10.6. The summed E-state index contributed by atoms with van der Waals surface area (Å²) in [4.78, 5) is 4.41. The van der Waals surface area contributed by atoms with Crippen LogP contribution in [0.4, 0.5) is 0 Å². The van der Waals surface area contributed by atoms with E-state index in [0.717, 1.165) is 31.1 Å². The number of oxazole rings is 1. The summed E-state index contributed by atoms with van der Waals surface area (Å²) < 4.78 is 5.44. The maximum atomic E-state index is 9.23. The molecule has 0 aliphatic carbocycles. The number of nitrogens with one attached hydrogen (secondary N) is 1. The predicted molar refractivity (Wildman–Crippen MR) is 56.7 cm³/mol. The third kappa shape index (κ3) is 2.79. The Morgan fingerprint density at radius 1 is 1.73 bits per heavy atom. The zero-order valence-corrected chi connectivity index (χ0v) is 9.07. The van der Waals surface area contributed by atoms with Crippen LogP contribution in [-0.4, -0.2) is 29.3 Å². The molecular weight excluding hydrogens is 192 g/mol. The van der Waals surface area contributed by atoms with Crippen LogP contribution in [0.2, 0.25) is 0 Å². The maximum absolute atomic E-state index is 9.23. The summed E-state index contributed by atoms with van der Waals surface area (Å²) in [6.45, 7) is 3.81. The fraction of sp³-hybridized carbons (Fsp3) is 0.727. The minimum Gasteiger partial charge on any atom is -0.448 e. The standard InChI is InChI=1S/C11H18N2O2/c1-8(14)5-10-7-15-11(13-10)9-3-2-4-12-6-9/h7-9,12,14H,2-6H2,1H3. The van der Waals surface area contributed by atoms with Crippen molar-refractivity contribution in [1.29, 1.82) is 0 Å². The monoisotopic (exact) mass is 210 g/mol. The number of aliphatic hydroxyl groups excluding tert-OH is 1. The van der Waals surface area contributed by atoms with Gasteiger partial charge in [0.25, 0.3) is 0 Å². The molecule has 1 aromatic heterocycles. The number of piperidine rings is 1. The molecule has 1 aliphatic heterocycles. The number of aliphatic hydroxyl groups is 1. The highest BCUT2D eigenvalue weighted by Gasteiger charge is 2.20. The van der Waals surface area contributed by atoms with E-state index in [2.05, 4.69) is 10.3 Å². The van der Waals surface area contributed by atoms with Gasteiger partial charge in [0.05, 0.1) is 11.8 Å². The molecule has 2 heterocycles. The molecule has 4 nitrogen and oxygen atoms in total. The molecule has 0 radical (unpaired) electrons. The van der Waals surface area contributed by atoms with Crippen LogP contribution < -0.4 is 5.32 Å².